The SMILES string of the molecule is CO[C@H]1COC(C)(C)O1. The van der Waals surface area contributed by atoms with Crippen molar-refractivity contribution in [1.82, 2.24) is 0 Å². The average molecular weight is 132 g/mol. The van der Waals surface area contributed by atoms with Crippen molar-refractivity contribution in [2.45, 2.75) is 25.9 Å². The van der Waals surface area contributed by atoms with Gasteiger partial charge in [-0.3, -0.25) is 0 Å². The zero-order valence-electron chi connectivity index (χ0n) is 6.01. The van der Waals surface area contributed by atoms with Crippen molar-refractivity contribution in [3.8, 4) is 0 Å². The maximum atomic E-state index is 5.25. The molecule has 0 bridgehead atoms. The van der Waals surface area contributed by atoms with Gasteiger partial charge in [-0.15, -0.1) is 0 Å². The molecule has 0 spiro atoms. The molecule has 0 unspecified atom stereocenters. The summed E-state index contributed by atoms with van der Waals surface area (Å²) in [6, 6.07) is 0. The van der Waals surface area contributed by atoms with E-state index >= 15 is 0 Å². The first-order chi connectivity index (χ1) is 4.14. The standard InChI is InChI=1S/C6H12O3/c1-6(2)8-4-5(7-3)9-6/h5H,4H2,1-3H3/t5-/m1/s1. The predicted molar refractivity (Wildman–Crippen MR) is 31.9 cm³/mol. The topological polar surface area (TPSA) is 27.7 Å². The van der Waals surface area contributed by atoms with Crippen LogP contribution in [0.2, 0.25) is 0 Å². The van der Waals surface area contributed by atoms with E-state index in [9.17, 15) is 0 Å². The predicted octanol–water partition coefficient (Wildman–Crippen LogP) is 0.742. The van der Waals surface area contributed by atoms with Crippen LogP contribution in [0.15, 0.2) is 0 Å². The summed E-state index contributed by atoms with van der Waals surface area (Å²) >= 11 is 0. The first-order valence-corrected chi connectivity index (χ1v) is 2.98. The molecule has 1 rings (SSSR count). The van der Waals surface area contributed by atoms with Crippen LogP contribution in [0.1, 0.15) is 13.8 Å². The van der Waals surface area contributed by atoms with Gasteiger partial charge in [-0.2, -0.15) is 0 Å². The first kappa shape index (κ1) is 6.99. The summed E-state index contributed by atoms with van der Waals surface area (Å²) in [6.45, 7) is 4.27. The zero-order valence-corrected chi connectivity index (χ0v) is 6.01. The quantitative estimate of drug-likeness (QED) is 0.526. The van der Waals surface area contributed by atoms with E-state index in [1.165, 1.54) is 0 Å². The molecule has 1 aliphatic heterocycles. The van der Waals surface area contributed by atoms with Crippen molar-refractivity contribution < 1.29 is 14.2 Å². The van der Waals surface area contributed by atoms with Crippen LogP contribution in [0.3, 0.4) is 0 Å². The Bertz CT molecular complexity index is 100. The second-order valence-electron chi connectivity index (χ2n) is 2.49. The Morgan fingerprint density at radius 2 is 2.22 bits per heavy atom. The molecule has 1 saturated heterocycles. The van der Waals surface area contributed by atoms with Gasteiger partial charge in [0, 0.05) is 7.11 Å². The highest BCUT2D eigenvalue weighted by atomic mass is 16.8. The van der Waals surface area contributed by atoms with Crippen molar-refractivity contribution >= 4 is 0 Å². The number of hydrogen-bond acceptors (Lipinski definition) is 3. The molecule has 0 aromatic heterocycles. The Balaban J connectivity index is 2.38. The lowest BCUT2D eigenvalue weighted by Gasteiger charge is -2.15. The average Bonchev–Trinajstić information content (AvgIpc) is 2.10. The Morgan fingerprint density at radius 1 is 1.56 bits per heavy atom. The first-order valence-electron chi connectivity index (χ1n) is 2.98. The van der Waals surface area contributed by atoms with Crippen LogP contribution in [0, 0.1) is 0 Å². The molecule has 1 aliphatic rings. The largest absolute Gasteiger partial charge is 0.353 e. The number of methoxy groups -OCH3 is 1. The van der Waals surface area contributed by atoms with E-state index in [1.54, 1.807) is 7.11 Å². The molecule has 3 heteroatoms. The van der Waals surface area contributed by atoms with Crippen LogP contribution < -0.4 is 0 Å². The van der Waals surface area contributed by atoms with Crippen LogP contribution in [0.5, 0.6) is 0 Å². The van der Waals surface area contributed by atoms with E-state index in [0.717, 1.165) is 0 Å². The van der Waals surface area contributed by atoms with Crippen LogP contribution in [0.25, 0.3) is 0 Å². The van der Waals surface area contributed by atoms with E-state index in [4.69, 9.17) is 14.2 Å². The zero-order chi connectivity index (χ0) is 6.91. The van der Waals surface area contributed by atoms with Gasteiger partial charge in [0.2, 0.25) is 0 Å². The fourth-order valence-corrected chi connectivity index (χ4v) is 0.769. The summed E-state index contributed by atoms with van der Waals surface area (Å²) in [7, 11) is 1.61. The molecule has 1 heterocycles. The van der Waals surface area contributed by atoms with Gasteiger partial charge in [0.1, 0.15) is 6.61 Å². The van der Waals surface area contributed by atoms with Crippen LogP contribution >= 0.6 is 0 Å². The molecule has 0 radical (unpaired) electrons. The van der Waals surface area contributed by atoms with Crippen molar-refractivity contribution in [3.05, 3.63) is 0 Å². The van der Waals surface area contributed by atoms with Gasteiger partial charge < -0.3 is 14.2 Å². The molecule has 0 aromatic rings. The summed E-state index contributed by atoms with van der Waals surface area (Å²) in [6.07, 6.45) is -0.181. The molecule has 54 valence electrons. The Hall–Kier alpha value is -0.120. The molecule has 0 aromatic carbocycles. The summed E-state index contributed by atoms with van der Waals surface area (Å²) in [5, 5.41) is 0. The highest BCUT2D eigenvalue weighted by molar-refractivity contribution is 4.63. The van der Waals surface area contributed by atoms with Gasteiger partial charge in [-0.25, -0.2) is 0 Å². The van der Waals surface area contributed by atoms with E-state index in [1.807, 2.05) is 13.8 Å². The lowest BCUT2D eigenvalue weighted by Crippen LogP contribution is -2.21. The molecular weight excluding hydrogens is 120 g/mol. The number of ether oxygens (including phenoxy) is 3. The molecule has 1 fully saturated rings. The van der Waals surface area contributed by atoms with Crippen molar-refractivity contribution in [2.24, 2.45) is 0 Å². The second-order valence-corrected chi connectivity index (χ2v) is 2.49. The van der Waals surface area contributed by atoms with Gasteiger partial charge in [0.15, 0.2) is 12.1 Å². The molecule has 0 saturated carbocycles. The summed E-state index contributed by atoms with van der Waals surface area (Å²) < 4.78 is 15.3. The molecular formula is C6H12O3. The summed E-state index contributed by atoms with van der Waals surface area (Å²) in [5.74, 6) is -0.458. The van der Waals surface area contributed by atoms with E-state index in [2.05, 4.69) is 0 Å². The van der Waals surface area contributed by atoms with E-state index in [-0.39, 0.29) is 6.29 Å². The van der Waals surface area contributed by atoms with Crippen molar-refractivity contribution in [2.75, 3.05) is 13.7 Å². The molecule has 0 amide bonds. The van der Waals surface area contributed by atoms with Gasteiger partial charge in [-0.1, -0.05) is 0 Å². The second kappa shape index (κ2) is 2.25. The third kappa shape index (κ3) is 1.64. The van der Waals surface area contributed by atoms with Crippen LogP contribution in [0.4, 0.5) is 0 Å². The maximum Gasteiger partial charge on any atom is 0.183 e. The summed E-state index contributed by atoms with van der Waals surface area (Å²) in [5.41, 5.74) is 0. The lowest BCUT2D eigenvalue weighted by molar-refractivity contribution is -0.182. The minimum absolute atomic E-state index is 0.181. The molecule has 1 atom stereocenters. The monoisotopic (exact) mass is 132 g/mol. The van der Waals surface area contributed by atoms with Gasteiger partial charge in [0.25, 0.3) is 0 Å². The molecule has 0 N–H and O–H groups in total. The van der Waals surface area contributed by atoms with Crippen molar-refractivity contribution in [1.29, 1.82) is 0 Å². The Labute approximate surface area is 54.9 Å². The van der Waals surface area contributed by atoms with Crippen LogP contribution in [-0.2, 0) is 14.2 Å². The normalized spacial score (nSPS) is 33.0. The van der Waals surface area contributed by atoms with Crippen LogP contribution in [-0.4, -0.2) is 25.8 Å². The maximum absolute atomic E-state index is 5.25. The number of hydrogen-bond donors (Lipinski definition) is 0. The Morgan fingerprint density at radius 3 is 2.44 bits per heavy atom. The molecule has 9 heavy (non-hydrogen) atoms. The molecule has 0 aliphatic carbocycles. The van der Waals surface area contributed by atoms with Gasteiger partial charge >= 0.3 is 0 Å². The number of rotatable bonds is 1. The summed E-state index contributed by atoms with van der Waals surface area (Å²) in [4.78, 5) is 0. The fraction of sp³-hybridized carbons (Fsp3) is 1.00. The molecule has 3 nitrogen and oxygen atoms in total. The highest BCUT2D eigenvalue weighted by Crippen LogP contribution is 2.21. The minimum Gasteiger partial charge on any atom is -0.353 e. The third-order valence-electron chi connectivity index (χ3n) is 1.25. The van der Waals surface area contributed by atoms with Crippen molar-refractivity contribution in [3.63, 3.8) is 0 Å². The van der Waals surface area contributed by atoms with E-state index < -0.39 is 5.79 Å². The van der Waals surface area contributed by atoms with Gasteiger partial charge in [0.05, 0.1) is 0 Å². The Kier molecular flexibility index (Phi) is 1.75. The minimum atomic E-state index is -0.458. The third-order valence-corrected chi connectivity index (χ3v) is 1.25. The smallest absolute Gasteiger partial charge is 0.183 e. The lowest BCUT2D eigenvalue weighted by atomic mass is 10.4. The highest BCUT2D eigenvalue weighted by Gasteiger charge is 2.32. The van der Waals surface area contributed by atoms with E-state index in [0.29, 0.717) is 6.61 Å². The fourth-order valence-electron chi connectivity index (χ4n) is 0.769. The van der Waals surface area contributed by atoms with Gasteiger partial charge in [-0.05, 0) is 13.8 Å².